The zero-order valence-corrected chi connectivity index (χ0v) is 15.9. The van der Waals surface area contributed by atoms with Crippen molar-refractivity contribution in [1.29, 1.82) is 0 Å². The number of hydrogen-bond acceptors (Lipinski definition) is 5. The van der Waals surface area contributed by atoms with E-state index < -0.39 is 13.0 Å². The summed E-state index contributed by atoms with van der Waals surface area (Å²) in [6.07, 6.45) is 0.583. The van der Waals surface area contributed by atoms with E-state index in [9.17, 15) is 4.79 Å². The number of esters is 1. The predicted molar refractivity (Wildman–Crippen MR) is 112 cm³/mol. The van der Waals surface area contributed by atoms with Crippen LogP contribution in [0.5, 0.6) is 11.5 Å². The van der Waals surface area contributed by atoms with Crippen molar-refractivity contribution in [1.82, 2.24) is 0 Å². The maximum absolute atomic E-state index is 12.9. The van der Waals surface area contributed by atoms with Crippen LogP contribution in [0.15, 0.2) is 78.9 Å². The van der Waals surface area contributed by atoms with Crippen molar-refractivity contribution >= 4 is 5.97 Å². The van der Waals surface area contributed by atoms with Gasteiger partial charge in [-0.3, -0.25) is 0 Å². The molecule has 0 saturated carbocycles. The number of ether oxygens (including phenoxy) is 3. The van der Waals surface area contributed by atoms with Crippen LogP contribution >= 0.6 is 0 Å². The van der Waals surface area contributed by atoms with E-state index in [1.165, 1.54) is 6.07 Å². The van der Waals surface area contributed by atoms with Crippen LogP contribution in [0.3, 0.4) is 0 Å². The topological polar surface area (TPSA) is 70.8 Å². The Hall–Kier alpha value is -3.31. The molecule has 150 valence electrons. The monoisotopic (exact) mass is 394 g/mol. The molecule has 3 aromatic carbocycles. The lowest BCUT2D eigenvalue weighted by atomic mass is 10.1. The minimum absolute atomic E-state index is 0.0226. The zero-order valence-electron chi connectivity index (χ0n) is 18.9. The summed E-state index contributed by atoms with van der Waals surface area (Å²) in [5.74, 6) is -0.745. The Morgan fingerprint density at radius 2 is 1.59 bits per heavy atom. The van der Waals surface area contributed by atoms with E-state index in [1.807, 2.05) is 60.7 Å². The van der Waals surface area contributed by atoms with Crippen LogP contribution in [0.1, 0.15) is 25.6 Å². The molecule has 0 aliphatic carbocycles. The van der Waals surface area contributed by atoms with Crippen LogP contribution < -0.4 is 15.2 Å². The molecule has 5 nitrogen and oxygen atoms in total. The number of rotatable bonds is 9. The average Bonchev–Trinajstić information content (AvgIpc) is 2.76. The predicted octanol–water partition coefficient (Wildman–Crippen LogP) is 4.00. The first-order chi connectivity index (χ1) is 15.3. The largest absolute Gasteiger partial charge is 0.496 e. The van der Waals surface area contributed by atoms with Crippen molar-refractivity contribution in [3.05, 3.63) is 95.6 Å². The Morgan fingerprint density at radius 3 is 2.28 bits per heavy atom. The fourth-order valence-corrected chi connectivity index (χ4v) is 2.89. The van der Waals surface area contributed by atoms with E-state index in [2.05, 4.69) is 0 Å². The van der Waals surface area contributed by atoms with Gasteiger partial charge < -0.3 is 19.9 Å². The molecule has 0 unspecified atom stereocenters. The molecule has 0 radical (unpaired) electrons. The highest BCUT2D eigenvalue weighted by atomic mass is 16.5. The van der Waals surface area contributed by atoms with Gasteiger partial charge in [-0.05, 0) is 29.7 Å². The third-order valence-corrected chi connectivity index (χ3v) is 4.31. The van der Waals surface area contributed by atoms with Gasteiger partial charge in [0.1, 0.15) is 30.3 Å². The fraction of sp³-hybridized carbons (Fsp3) is 0.208. The highest BCUT2D eigenvalue weighted by Gasteiger charge is 2.21. The van der Waals surface area contributed by atoms with Crippen LogP contribution in [0.4, 0.5) is 0 Å². The standard InChI is InChI=1S/C24H25NO4/c1-27-21-13-8-14-22(28-17-20(25)15-18-9-4-2-5-10-18)23(21)24(26)29-16-19-11-6-3-7-12-19/h2-14,20H,15-17,25H2,1H3/t20-/m1/s1/i1D3. The first-order valence-electron chi connectivity index (χ1n) is 10.8. The highest BCUT2D eigenvalue weighted by Crippen LogP contribution is 2.29. The van der Waals surface area contributed by atoms with E-state index in [4.69, 9.17) is 24.1 Å². The Labute approximate surface area is 175 Å². The molecule has 5 heteroatoms. The molecule has 3 aromatic rings. The molecular formula is C24H25NO4. The molecule has 1 atom stereocenters. The molecule has 29 heavy (non-hydrogen) atoms. The van der Waals surface area contributed by atoms with E-state index in [1.54, 1.807) is 12.1 Å². The summed E-state index contributed by atoms with van der Waals surface area (Å²) in [5, 5.41) is 0. The summed E-state index contributed by atoms with van der Waals surface area (Å²) in [7, 11) is -2.74. The fourth-order valence-electron chi connectivity index (χ4n) is 2.89. The molecule has 0 aliphatic heterocycles. The number of benzene rings is 3. The third-order valence-electron chi connectivity index (χ3n) is 4.31. The summed E-state index contributed by atoms with van der Waals surface area (Å²) in [5.41, 5.74) is 7.96. The van der Waals surface area contributed by atoms with Gasteiger partial charge in [-0.15, -0.1) is 0 Å². The molecule has 0 amide bonds. The molecule has 0 saturated heterocycles. The molecule has 0 aliphatic rings. The lowest BCUT2D eigenvalue weighted by Crippen LogP contribution is -2.30. The first kappa shape index (κ1) is 16.6. The maximum atomic E-state index is 12.9. The van der Waals surface area contributed by atoms with Gasteiger partial charge in [-0.2, -0.15) is 0 Å². The van der Waals surface area contributed by atoms with Crippen LogP contribution in [-0.4, -0.2) is 25.7 Å². The Kier molecular flexibility index (Phi) is 5.90. The summed E-state index contributed by atoms with van der Waals surface area (Å²) in [4.78, 5) is 12.9. The maximum Gasteiger partial charge on any atom is 0.346 e. The number of hydrogen-bond donors (Lipinski definition) is 1. The molecule has 0 aromatic heterocycles. The van der Waals surface area contributed by atoms with Gasteiger partial charge >= 0.3 is 5.97 Å². The average molecular weight is 394 g/mol. The van der Waals surface area contributed by atoms with Gasteiger partial charge in [0.25, 0.3) is 0 Å². The van der Waals surface area contributed by atoms with E-state index in [0.717, 1.165) is 11.1 Å². The molecule has 3 rings (SSSR count). The van der Waals surface area contributed by atoms with Crippen molar-refractivity contribution in [3.8, 4) is 11.5 Å². The van der Waals surface area contributed by atoms with Gasteiger partial charge in [0.05, 0.1) is 11.2 Å². The zero-order chi connectivity index (χ0) is 23.0. The lowest BCUT2D eigenvalue weighted by molar-refractivity contribution is 0.0463. The SMILES string of the molecule is [2H]C([2H])([2H])Oc1cccc(OC[C@H](N)Cc2ccccc2)c1C(=O)OCc1ccccc1. The van der Waals surface area contributed by atoms with Crippen LogP contribution in [0.25, 0.3) is 0 Å². The van der Waals surface area contributed by atoms with Crippen molar-refractivity contribution in [3.63, 3.8) is 0 Å². The summed E-state index contributed by atoms with van der Waals surface area (Å²) in [6.45, 7) is 0.139. The van der Waals surface area contributed by atoms with E-state index in [0.29, 0.717) is 6.42 Å². The third kappa shape index (κ3) is 5.83. The number of carbonyl (C=O) groups excluding carboxylic acids is 1. The van der Waals surface area contributed by atoms with Crippen molar-refractivity contribution in [2.45, 2.75) is 19.1 Å². The minimum atomic E-state index is -2.74. The second kappa shape index (κ2) is 10.3. The van der Waals surface area contributed by atoms with Crippen molar-refractivity contribution < 1.29 is 23.1 Å². The summed E-state index contributed by atoms with van der Waals surface area (Å²) >= 11 is 0. The quantitative estimate of drug-likeness (QED) is 0.556. The van der Waals surface area contributed by atoms with Crippen LogP contribution in [0, 0.1) is 0 Å². The van der Waals surface area contributed by atoms with Gasteiger partial charge in [0.2, 0.25) is 0 Å². The molecule has 0 bridgehead atoms. The van der Waals surface area contributed by atoms with Crippen LogP contribution in [0.2, 0.25) is 0 Å². The molecule has 0 spiro atoms. The van der Waals surface area contributed by atoms with Gasteiger partial charge in [-0.1, -0.05) is 66.7 Å². The van der Waals surface area contributed by atoms with Crippen molar-refractivity contribution in [2.75, 3.05) is 13.6 Å². The first-order valence-corrected chi connectivity index (χ1v) is 9.27. The number of carbonyl (C=O) groups is 1. The molecule has 0 heterocycles. The molecule has 2 N–H and O–H groups in total. The lowest BCUT2D eigenvalue weighted by Gasteiger charge is -2.17. The molecule has 0 fully saturated rings. The van der Waals surface area contributed by atoms with Gasteiger partial charge in [-0.25, -0.2) is 4.79 Å². The number of nitrogens with two attached hydrogens (primary N) is 1. The second-order valence-electron chi connectivity index (χ2n) is 6.55. The Balaban J connectivity index is 1.76. The van der Waals surface area contributed by atoms with E-state index in [-0.39, 0.29) is 36.3 Å². The number of methoxy groups -OCH3 is 1. The highest BCUT2D eigenvalue weighted by molar-refractivity contribution is 5.95. The van der Waals surface area contributed by atoms with E-state index >= 15 is 0 Å². The van der Waals surface area contributed by atoms with Crippen molar-refractivity contribution in [2.24, 2.45) is 5.73 Å². The van der Waals surface area contributed by atoms with Crippen LogP contribution in [-0.2, 0) is 17.8 Å². The Morgan fingerprint density at radius 1 is 0.931 bits per heavy atom. The summed E-state index contributed by atoms with van der Waals surface area (Å²) in [6, 6.07) is 23.0. The second-order valence-corrected chi connectivity index (χ2v) is 6.55. The Bertz CT molecular complexity index is 1010. The van der Waals surface area contributed by atoms with Gasteiger partial charge in [0.15, 0.2) is 0 Å². The summed E-state index contributed by atoms with van der Waals surface area (Å²) < 4.78 is 38.5. The minimum Gasteiger partial charge on any atom is -0.496 e. The molecular weight excluding hydrogens is 366 g/mol. The van der Waals surface area contributed by atoms with Gasteiger partial charge in [0, 0.05) is 6.04 Å². The smallest absolute Gasteiger partial charge is 0.346 e. The normalized spacial score (nSPS) is 13.5.